The summed E-state index contributed by atoms with van der Waals surface area (Å²) in [6.45, 7) is 14.0. The van der Waals surface area contributed by atoms with Crippen LogP contribution in [0, 0.1) is 0 Å². The molecule has 2 aliphatic carbocycles. The SMILES string of the molecule is CCC1=[C]([Ti+2]([C]2=C(CC)C=C(C)C2)=[C](C)C)CC(C)=C1.[Cl-].[Cl-]. The number of hydrogen-bond donors (Lipinski definition) is 0. The van der Waals surface area contributed by atoms with E-state index in [1.165, 1.54) is 25.7 Å². The van der Waals surface area contributed by atoms with Gasteiger partial charge in [0.15, 0.2) is 0 Å². The van der Waals surface area contributed by atoms with Gasteiger partial charge in [-0.15, -0.1) is 0 Å². The van der Waals surface area contributed by atoms with E-state index in [0.717, 1.165) is 0 Å². The Morgan fingerprint density at radius 2 is 1.23 bits per heavy atom. The molecule has 122 valence electrons. The normalized spacial score (nSPS) is 16.6. The fourth-order valence-corrected chi connectivity index (χ4v) is 9.23. The van der Waals surface area contributed by atoms with E-state index >= 15 is 0 Å². The Bertz CT molecular complexity index is 537. The molecule has 0 heterocycles. The van der Waals surface area contributed by atoms with Crippen molar-refractivity contribution in [2.24, 2.45) is 0 Å². The van der Waals surface area contributed by atoms with Crippen molar-refractivity contribution in [2.45, 2.75) is 67.2 Å². The summed E-state index contributed by atoms with van der Waals surface area (Å²) >= 11 is -1.40. The summed E-state index contributed by atoms with van der Waals surface area (Å²) in [6.07, 6.45) is 9.85. The van der Waals surface area contributed by atoms with Crippen LogP contribution in [0.25, 0.3) is 0 Å². The second kappa shape index (κ2) is 9.43. The van der Waals surface area contributed by atoms with Gasteiger partial charge in [-0.3, -0.25) is 0 Å². The van der Waals surface area contributed by atoms with Gasteiger partial charge in [0, 0.05) is 0 Å². The van der Waals surface area contributed by atoms with Crippen LogP contribution in [0.2, 0.25) is 0 Å². The minimum Gasteiger partial charge on any atom is -1.00 e. The van der Waals surface area contributed by atoms with E-state index < -0.39 is 17.4 Å². The third-order valence-electron chi connectivity index (χ3n) is 4.39. The molecule has 0 aliphatic heterocycles. The first-order chi connectivity index (χ1) is 9.47. The van der Waals surface area contributed by atoms with Gasteiger partial charge < -0.3 is 24.8 Å². The molecule has 0 aromatic heterocycles. The molecule has 0 radical (unpaired) electrons. The van der Waals surface area contributed by atoms with Gasteiger partial charge in [0.2, 0.25) is 0 Å². The number of rotatable bonds is 4. The van der Waals surface area contributed by atoms with E-state index in [2.05, 4.69) is 53.7 Å². The van der Waals surface area contributed by atoms with Crippen molar-refractivity contribution in [1.82, 2.24) is 0 Å². The van der Waals surface area contributed by atoms with E-state index in [4.69, 9.17) is 0 Å². The second-order valence-electron chi connectivity index (χ2n) is 6.42. The largest absolute Gasteiger partial charge is 1.00 e. The fraction of sp³-hybridized carbons (Fsp3) is 0.526. The minimum atomic E-state index is -1.40. The molecule has 0 nitrogen and oxygen atoms in total. The first kappa shape index (κ1) is 22.1. The minimum absolute atomic E-state index is 0. The van der Waals surface area contributed by atoms with Gasteiger partial charge in [-0.25, -0.2) is 0 Å². The molecule has 3 heteroatoms. The molecule has 2 rings (SSSR count). The summed E-state index contributed by atoms with van der Waals surface area (Å²) in [6, 6.07) is 0. The van der Waals surface area contributed by atoms with Crippen LogP contribution in [0.15, 0.2) is 42.2 Å². The predicted molar refractivity (Wildman–Crippen MR) is 87.7 cm³/mol. The predicted octanol–water partition coefficient (Wildman–Crippen LogP) is -0.147. The van der Waals surface area contributed by atoms with Crippen molar-refractivity contribution in [3.8, 4) is 0 Å². The molecule has 22 heavy (non-hydrogen) atoms. The molecule has 0 unspecified atom stereocenters. The first-order valence-electron chi connectivity index (χ1n) is 7.94. The van der Waals surface area contributed by atoms with Gasteiger partial charge in [-0.05, 0) is 0 Å². The van der Waals surface area contributed by atoms with Crippen LogP contribution in [0.1, 0.15) is 67.2 Å². The fourth-order valence-electron chi connectivity index (χ4n) is 3.57. The molecule has 0 aromatic rings. The summed E-state index contributed by atoms with van der Waals surface area (Å²) in [5.74, 6) is 0. The number of halogens is 2. The smallest absolute Gasteiger partial charge is 1.00 e. The zero-order chi connectivity index (χ0) is 14.9. The van der Waals surface area contributed by atoms with Gasteiger partial charge >= 0.3 is 131 Å². The molecule has 2 aliphatic rings. The Labute approximate surface area is 155 Å². The van der Waals surface area contributed by atoms with Gasteiger partial charge in [-0.1, -0.05) is 0 Å². The molecule has 0 spiro atoms. The van der Waals surface area contributed by atoms with Crippen molar-refractivity contribution < 1.29 is 42.2 Å². The number of allylic oxidation sites excluding steroid dienone is 8. The van der Waals surface area contributed by atoms with Crippen LogP contribution >= 0.6 is 0 Å². The van der Waals surface area contributed by atoms with Crippen molar-refractivity contribution in [3.63, 3.8) is 0 Å². The molecule has 0 bridgehead atoms. The van der Waals surface area contributed by atoms with Crippen LogP contribution in [-0.4, -0.2) is 3.81 Å². The van der Waals surface area contributed by atoms with Crippen LogP contribution < -0.4 is 24.8 Å². The van der Waals surface area contributed by atoms with Crippen molar-refractivity contribution in [1.29, 1.82) is 0 Å². The maximum absolute atomic E-state index is 2.46. The van der Waals surface area contributed by atoms with Crippen LogP contribution in [0.4, 0.5) is 0 Å². The van der Waals surface area contributed by atoms with Gasteiger partial charge in [0.25, 0.3) is 0 Å². The van der Waals surface area contributed by atoms with Crippen molar-refractivity contribution in [2.75, 3.05) is 0 Å². The van der Waals surface area contributed by atoms with E-state index in [0.29, 0.717) is 0 Å². The molecule has 0 N–H and O–H groups in total. The van der Waals surface area contributed by atoms with Gasteiger partial charge in [0.1, 0.15) is 0 Å². The molecule has 0 saturated carbocycles. The Kier molecular flexibility index (Phi) is 9.48. The monoisotopic (exact) mass is 374 g/mol. The molecular formula is C19H28Cl2Ti. The standard InChI is InChI=1S/2C8H11.C3H6.2ClH.Ti/c2*1-3-8-5-4-7(2)6-8;1-3-2;;;/h2*6H,3-4H2,1-2H3;1-2H3;2*1H;/q;;;;;+2/p-2. The van der Waals surface area contributed by atoms with Crippen LogP contribution in [-0.2, 0) is 17.4 Å². The molecule has 0 amide bonds. The van der Waals surface area contributed by atoms with Crippen LogP contribution in [0.3, 0.4) is 0 Å². The topological polar surface area (TPSA) is 0 Å². The maximum atomic E-state index is 2.46. The van der Waals surface area contributed by atoms with Crippen molar-refractivity contribution >= 4 is 3.81 Å². The van der Waals surface area contributed by atoms with Gasteiger partial charge in [-0.2, -0.15) is 0 Å². The summed E-state index contributed by atoms with van der Waals surface area (Å²) in [5.41, 5.74) is 6.46. The van der Waals surface area contributed by atoms with E-state index in [1.54, 1.807) is 26.1 Å². The Hall–Kier alpha value is 0.124. The maximum Gasteiger partial charge on any atom is -1.00 e. The van der Waals surface area contributed by atoms with E-state index in [1.807, 2.05) is 7.76 Å². The average molecular weight is 375 g/mol. The molecule has 0 saturated heterocycles. The summed E-state index contributed by atoms with van der Waals surface area (Å²) in [5, 5.41) is 0. The van der Waals surface area contributed by atoms with E-state index in [9.17, 15) is 0 Å². The molecular weight excluding hydrogens is 347 g/mol. The van der Waals surface area contributed by atoms with Crippen LogP contribution in [0.5, 0.6) is 0 Å². The number of hydrogen-bond acceptors (Lipinski definition) is 0. The summed E-state index contributed by atoms with van der Waals surface area (Å²) in [4.78, 5) is 0. The third-order valence-corrected chi connectivity index (χ3v) is 9.39. The summed E-state index contributed by atoms with van der Waals surface area (Å²) in [7, 11) is 0. The Balaban J connectivity index is 0.00000220. The quantitative estimate of drug-likeness (QED) is 0.600. The second-order valence-corrected chi connectivity index (χ2v) is 11.0. The van der Waals surface area contributed by atoms with Gasteiger partial charge in [0.05, 0.1) is 0 Å². The third kappa shape index (κ3) is 4.57. The van der Waals surface area contributed by atoms with E-state index in [-0.39, 0.29) is 24.8 Å². The zero-order valence-electron chi connectivity index (χ0n) is 14.7. The molecule has 0 aromatic carbocycles. The molecule has 0 atom stereocenters. The zero-order valence-corrected chi connectivity index (χ0v) is 17.8. The van der Waals surface area contributed by atoms with Crippen molar-refractivity contribution in [3.05, 3.63) is 42.2 Å². The molecule has 0 fully saturated rings. The Morgan fingerprint density at radius 3 is 1.50 bits per heavy atom. The summed E-state index contributed by atoms with van der Waals surface area (Å²) < 4.78 is 5.40. The average Bonchev–Trinajstić information content (AvgIpc) is 2.92. The first-order valence-corrected chi connectivity index (χ1v) is 10.3. The Morgan fingerprint density at radius 1 is 0.864 bits per heavy atom.